The van der Waals surface area contributed by atoms with Crippen molar-refractivity contribution in [3.63, 3.8) is 0 Å². The fourth-order valence-corrected chi connectivity index (χ4v) is 2.85. The van der Waals surface area contributed by atoms with E-state index in [2.05, 4.69) is 4.98 Å². The van der Waals surface area contributed by atoms with Gasteiger partial charge in [-0.1, -0.05) is 11.6 Å². The number of nitrogens with zero attached hydrogens (tertiary/aromatic N) is 2. The number of rotatable bonds is 0. The van der Waals surface area contributed by atoms with Gasteiger partial charge in [-0.3, -0.25) is 0 Å². The molecular formula is C9H5ClN2O2S. The maximum absolute atomic E-state index is 11.7. The van der Waals surface area contributed by atoms with Gasteiger partial charge in [-0.25, -0.2) is 13.4 Å². The molecule has 0 unspecified atom stereocenters. The second-order valence-electron chi connectivity index (χ2n) is 3.07. The lowest BCUT2D eigenvalue weighted by molar-refractivity contribution is 0.600. The van der Waals surface area contributed by atoms with Gasteiger partial charge in [0.25, 0.3) is 0 Å². The van der Waals surface area contributed by atoms with E-state index in [-0.39, 0.29) is 20.5 Å². The molecule has 0 bridgehead atoms. The molecule has 4 nitrogen and oxygen atoms in total. The van der Waals surface area contributed by atoms with Gasteiger partial charge in [0.1, 0.15) is 6.07 Å². The van der Waals surface area contributed by atoms with Gasteiger partial charge in [0.2, 0.25) is 9.84 Å². The van der Waals surface area contributed by atoms with Crippen LogP contribution >= 0.6 is 11.6 Å². The topological polar surface area (TPSA) is 70.8 Å². The fourth-order valence-electron chi connectivity index (χ4n) is 1.34. The summed E-state index contributed by atoms with van der Waals surface area (Å²) < 4.78 is 23.3. The predicted octanol–water partition coefficient (Wildman–Crippen LogP) is 1.75. The fraction of sp³-hybridized carbons (Fsp3) is 0.111. The lowest BCUT2D eigenvalue weighted by Gasteiger charge is -2.01. The Balaban J connectivity index is 2.87. The van der Waals surface area contributed by atoms with Crippen LogP contribution in [0.1, 0.15) is 18.1 Å². The SMILES string of the molecule is CC1=Cc2c(ncc(C#N)c2Cl)S1(=O)=O. The Labute approximate surface area is 91.7 Å². The van der Waals surface area contributed by atoms with Gasteiger partial charge in [-0.05, 0) is 13.0 Å². The van der Waals surface area contributed by atoms with E-state index >= 15 is 0 Å². The van der Waals surface area contributed by atoms with E-state index < -0.39 is 9.84 Å². The van der Waals surface area contributed by atoms with Crippen LogP contribution in [-0.4, -0.2) is 13.4 Å². The number of nitriles is 1. The highest BCUT2D eigenvalue weighted by Crippen LogP contribution is 2.36. The first-order valence-electron chi connectivity index (χ1n) is 4.00. The number of pyridine rings is 1. The highest BCUT2D eigenvalue weighted by molar-refractivity contribution is 7.95. The van der Waals surface area contributed by atoms with Crippen LogP contribution in [0.3, 0.4) is 0 Å². The number of sulfone groups is 1. The summed E-state index contributed by atoms with van der Waals surface area (Å²) in [5.41, 5.74) is 0.491. The van der Waals surface area contributed by atoms with Crippen LogP contribution in [0, 0.1) is 11.3 Å². The first kappa shape index (κ1) is 10.1. The molecule has 0 N–H and O–H groups in total. The molecule has 1 aliphatic heterocycles. The first-order chi connectivity index (χ1) is 6.98. The normalized spacial score (nSPS) is 16.7. The largest absolute Gasteiger partial charge is 0.242 e. The molecule has 15 heavy (non-hydrogen) atoms. The minimum atomic E-state index is -3.48. The lowest BCUT2D eigenvalue weighted by Crippen LogP contribution is -2.01. The first-order valence-corrected chi connectivity index (χ1v) is 5.86. The summed E-state index contributed by atoms with van der Waals surface area (Å²) in [6.45, 7) is 1.47. The molecule has 1 aromatic heterocycles. The summed E-state index contributed by atoms with van der Waals surface area (Å²) in [4.78, 5) is 3.94. The molecule has 0 aliphatic carbocycles. The zero-order chi connectivity index (χ0) is 11.2. The lowest BCUT2D eigenvalue weighted by atomic mass is 10.2. The van der Waals surface area contributed by atoms with E-state index in [1.807, 2.05) is 6.07 Å². The third kappa shape index (κ3) is 1.26. The highest BCUT2D eigenvalue weighted by atomic mass is 35.5. The van der Waals surface area contributed by atoms with Gasteiger partial charge < -0.3 is 0 Å². The number of fused-ring (bicyclic) bond motifs is 1. The van der Waals surface area contributed by atoms with Gasteiger partial charge in [0.15, 0.2) is 5.03 Å². The van der Waals surface area contributed by atoms with Crippen molar-refractivity contribution in [2.24, 2.45) is 0 Å². The van der Waals surface area contributed by atoms with Crippen LogP contribution in [0.5, 0.6) is 0 Å². The molecule has 0 aromatic carbocycles. The molecule has 2 heterocycles. The van der Waals surface area contributed by atoms with Crippen LogP contribution in [0.2, 0.25) is 5.02 Å². The third-order valence-electron chi connectivity index (χ3n) is 2.16. The Morgan fingerprint density at radius 2 is 2.20 bits per heavy atom. The quantitative estimate of drug-likeness (QED) is 0.693. The molecule has 0 spiro atoms. The Kier molecular flexibility index (Phi) is 2.07. The summed E-state index contributed by atoms with van der Waals surface area (Å²) in [6, 6.07) is 1.85. The second kappa shape index (κ2) is 3.05. The average molecular weight is 241 g/mol. The molecule has 76 valence electrons. The maximum Gasteiger partial charge on any atom is 0.220 e. The molecule has 0 saturated heterocycles. The monoisotopic (exact) mass is 240 g/mol. The van der Waals surface area contributed by atoms with Gasteiger partial charge in [-0.15, -0.1) is 0 Å². The molecule has 1 aromatic rings. The van der Waals surface area contributed by atoms with Crippen LogP contribution < -0.4 is 0 Å². The maximum atomic E-state index is 11.7. The van der Waals surface area contributed by atoms with Crippen molar-refractivity contribution in [3.05, 3.63) is 27.3 Å². The molecule has 1 aliphatic rings. The van der Waals surface area contributed by atoms with Crippen molar-refractivity contribution >= 4 is 27.5 Å². The second-order valence-corrected chi connectivity index (χ2v) is 5.49. The van der Waals surface area contributed by atoms with Crippen LogP contribution in [0.15, 0.2) is 16.1 Å². The Bertz CT molecular complexity index is 626. The number of allylic oxidation sites excluding steroid dienone is 1. The molecule has 0 radical (unpaired) electrons. The minimum Gasteiger partial charge on any atom is -0.242 e. The van der Waals surface area contributed by atoms with Crippen LogP contribution in [0.25, 0.3) is 6.08 Å². The van der Waals surface area contributed by atoms with Crippen molar-refractivity contribution < 1.29 is 8.42 Å². The van der Waals surface area contributed by atoms with E-state index in [1.165, 1.54) is 19.2 Å². The van der Waals surface area contributed by atoms with E-state index in [0.717, 1.165) is 0 Å². The number of hydrogen-bond acceptors (Lipinski definition) is 4. The van der Waals surface area contributed by atoms with Crippen LogP contribution in [0.4, 0.5) is 0 Å². The van der Waals surface area contributed by atoms with Crippen LogP contribution in [-0.2, 0) is 9.84 Å². The van der Waals surface area contributed by atoms with E-state index in [1.54, 1.807) is 0 Å². The molecule has 0 fully saturated rings. The molecular weight excluding hydrogens is 236 g/mol. The van der Waals surface area contributed by atoms with Gasteiger partial charge >= 0.3 is 0 Å². The summed E-state index contributed by atoms with van der Waals surface area (Å²) in [7, 11) is -3.48. The van der Waals surface area contributed by atoms with Gasteiger partial charge in [0, 0.05) is 16.7 Å². The van der Waals surface area contributed by atoms with Crippen molar-refractivity contribution in [2.45, 2.75) is 11.9 Å². The number of hydrogen-bond donors (Lipinski definition) is 0. The van der Waals surface area contributed by atoms with Crippen molar-refractivity contribution in [3.8, 4) is 6.07 Å². The smallest absolute Gasteiger partial charge is 0.220 e. The van der Waals surface area contributed by atoms with Gasteiger partial charge in [0.05, 0.1) is 10.6 Å². The molecule has 6 heteroatoms. The number of aromatic nitrogens is 1. The van der Waals surface area contributed by atoms with E-state index in [9.17, 15) is 8.42 Å². The zero-order valence-electron chi connectivity index (χ0n) is 7.65. The standard InChI is InChI=1S/C9H5ClN2O2S/c1-5-2-7-8(10)6(3-11)4-12-9(7)15(5,13)14/h2,4H,1H3. The van der Waals surface area contributed by atoms with Crippen molar-refractivity contribution in [1.29, 1.82) is 5.26 Å². The molecule has 0 amide bonds. The summed E-state index contributed by atoms with van der Waals surface area (Å²) in [5.74, 6) is 0. The molecule has 0 saturated carbocycles. The molecule has 0 atom stereocenters. The number of halogens is 1. The Morgan fingerprint density at radius 1 is 1.53 bits per heavy atom. The van der Waals surface area contributed by atoms with E-state index in [0.29, 0.717) is 5.56 Å². The van der Waals surface area contributed by atoms with Crippen molar-refractivity contribution in [1.82, 2.24) is 4.98 Å². The average Bonchev–Trinajstić information content (AvgIpc) is 2.41. The minimum absolute atomic E-state index is 0.0657. The summed E-state index contributed by atoms with van der Waals surface area (Å²) >= 11 is 5.88. The van der Waals surface area contributed by atoms with Gasteiger partial charge in [-0.2, -0.15) is 5.26 Å². The third-order valence-corrected chi connectivity index (χ3v) is 4.37. The summed E-state index contributed by atoms with van der Waals surface area (Å²) in [5, 5.41) is 8.78. The Hall–Kier alpha value is -1.38. The summed E-state index contributed by atoms with van der Waals surface area (Å²) in [6.07, 6.45) is 2.60. The zero-order valence-corrected chi connectivity index (χ0v) is 9.22. The van der Waals surface area contributed by atoms with Crippen molar-refractivity contribution in [2.75, 3.05) is 0 Å². The Morgan fingerprint density at radius 3 is 2.80 bits per heavy atom. The predicted molar refractivity (Wildman–Crippen MR) is 54.8 cm³/mol. The van der Waals surface area contributed by atoms with E-state index in [4.69, 9.17) is 16.9 Å². The highest BCUT2D eigenvalue weighted by Gasteiger charge is 2.30. The molecule has 2 rings (SSSR count).